The van der Waals surface area contributed by atoms with Gasteiger partial charge in [-0.2, -0.15) is 0 Å². The molecule has 7 nitrogen and oxygen atoms in total. The van der Waals surface area contributed by atoms with E-state index in [4.69, 9.17) is 5.11 Å². The van der Waals surface area contributed by atoms with E-state index in [-0.39, 0.29) is 18.7 Å². The van der Waals surface area contributed by atoms with Crippen molar-refractivity contribution in [1.82, 2.24) is 19.9 Å². The highest BCUT2D eigenvalue weighted by Gasteiger charge is 2.26. The number of carboxylic acid groups (broad SMARTS) is 1. The minimum absolute atomic E-state index is 0.0708. The molecule has 1 aromatic rings. The van der Waals surface area contributed by atoms with Crippen molar-refractivity contribution in [2.45, 2.75) is 25.8 Å². The molecule has 0 aromatic carbocycles. The Balaban J connectivity index is 1.77. The number of amides is 1. The van der Waals surface area contributed by atoms with Crippen LogP contribution >= 0.6 is 0 Å². The lowest BCUT2D eigenvalue weighted by Gasteiger charge is -2.16. The number of hydrogen-bond donors (Lipinski definition) is 1. The van der Waals surface area contributed by atoms with Gasteiger partial charge in [0.2, 0.25) is 5.91 Å². The zero-order valence-electron chi connectivity index (χ0n) is 10.0. The smallest absolute Gasteiger partial charge is 0.303 e. The number of hydrogen-bond acceptors (Lipinski definition) is 4. The van der Waals surface area contributed by atoms with Crippen LogP contribution in [0.1, 0.15) is 19.3 Å². The van der Waals surface area contributed by atoms with Gasteiger partial charge in [-0.15, -0.1) is 5.10 Å². The van der Waals surface area contributed by atoms with Gasteiger partial charge in [0.05, 0.1) is 12.6 Å². The zero-order valence-corrected chi connectivity index (χ0v) is 10.0. The molecule has 0 radical (unpaired) electrons. The van der Waals surface area contributed by atoms with Crippen LogP contribution < -0.4 is 0 Å². The summed E-state index contributed by atoms with van der Waals surface area (Å²) in [4.78, 5) is 23.9. The first kappa shape index (κ1) is 12.5. The first-order chi connectivity index (χ1) is 8.65. The molecule has 98 valence electrons. The highest BCUT2D eigenvalue weighted by molar-refractivity contribution is 5.80. The van der Waals surface area contributed by atoms with Crippen molar-refractivity contribution < 1.29 is 14.7 Å². The van der Waals surface area contributed by atoms with E-state index in [9.17, 15) is 9.59 Å². The van der Waals surface area contributed by atoms with Crippen molar-refractivity contribution >= 4 is 11.9 Å². The maximum Gasteiger partial charge on any atom is 0.303 e. The van der Waals surface area contributed by atoms with E-state index < -0.39 is 5.97 Å². The Bertz CT molecular complexity index is 418. The molecule has 18 heavy (non-hydrogen) atoms. The summed E-state index contributed by atoms with van der Waals surface area (Å²) < 4.78 is 1.76. The van der Waals surface area contributed by atoms with Gasteiger partial charge < -0.3 is 10.0 Å². The molecule has 1 atom stereocenters. The summed E-state index contributed by atoms with van der Waals surface area (Å²) in [6, 6.07) is 0. The summed E-state index contributed by atoms with van der Waals surface area (Å²) in [6.07, 6.45) is 4.35. The highest BCUT2D eigenvalue weighted by Crippen LogP contribution is 2.18. The quantitative estimate of drug-likeness (QED) is 0.796. The molecule has 1 unspecified atom stereocenters. The summed E-state index contributed by atoms with van der Waals surface area (Å²) in [5.74, 6) is -0.624. The molecule has 7 heteroatoms. The number of nitrogens with zero attached hydrogens (tertiary/aromatic N) is 4. The van der Waals surface area contributed by atoms with Gasteiger partial charge in [-0.05, 0) is 12.3 Å². The predicted octanol–water partition coefficient (Wildman–Crippen LogP) is -0.00860. The van der Waals surface area contributed by atoms with Crippen LogP contribution in [0.15, 0.2) is 12.4 Å². The van der Waals surface area contributed by atoms with Crippen LogP contribution in [0.25, 0.3) is 0 Å². The van der Waals surface area contributed by atoms with Crippen LogP contribution in [0.3, 0.4) is 0 Å². The van der Waals surface area contributed by atoms with E-state index in [0.29, 0.717) is 19.0 Å². The molecule has 2 rings (SSSR count). The molecule has 1 amide bonds. The third-order valence-electron chi connectivity index (χ3n) is 3.11. The Kier molecular flexibility index (Phi) is 3.91. The van der Waals surface area contributed by atoms with E-state index in [2.05, 4.69) is 10.3 Å². The van der Waals surface area contributed by atoms with Crippen LogP contribution in [0.2, 0.25) is 0 Å². The van der Waals surface area contributed by atoms with Gasteiger partial charge in [0, 0.05) is 32.3 Å². The number of likely N-dealkylation sites (tertiary alicyclic amines) is 1. The van der Waals surface area contributed by atoms with Crippen LogP contribution in [0.5, 0.6) is 0 Å². The summed E-state index contributed by atoms with van der Waals surface area (Å²) in [5, 5.41) is 16.2. The Hall–Kier alpha value is -1.92. The average molecular weight is 252 g/mol. The molecule has 1 aliphatic heterocycles. The van der Waals surface area contributed by atoms with Gasteiger partial charge in [0.25, 0.3) is 0 Å². The van der Waals surface area contributed by atoms with Crippen LogP contribution in [-0.2, 0) is 16.1 Å². The average Bonchev–Trinajstić information content (AvgIpc) is 2.98. The molecular weight excluding hydrogens is 236 g/mol. The summed E-state index contributed by atoms with van der Waals surface area (Å²) in [5.41, 5.74) is 0. The van der Waals surface area contributed by atoms with E-state index in [0.717, 1.165) is 13.0 Å². The molecule has 1 aromatic heterocycles. The minimum atomic E-state index is -0.929. The van der Waals surface area contributed by atoms with Crippen LogP contribution in [0, 0.1) is 5.92 Å². The van der Waals surface area contributed by atoms with Gasteiger partial charge in [0.15, 0.2) is 0 Å². The number of aromatic nitrogens is 3. The minimum Gasteiger partial charge on any atom is -0.481 e. The molecule has 1 saturated heterocycles. The van der Waals surface area contributed by atoms with Crippen molar-refractivity contribution in [2.75, 3.05) is 13.1 Å². The Morgan fingerprint density at radius 3 is 2.89 bits per heavy atom. The molecular formula is C11H16N4O3. The first-order valence-electron chi connectivity index (χ1n) is 5.99. The second-order valence-electron chi connectivity index (χ2n) is 4.51. The predicted molar refractivity (Wildman–Crippen MR) is 61.6 cm³/mol. The molecule has 0 saturated carbocycles. The lowest BCUT2D eigenvalue weighted by Crippen LogP contribution is -2.29. The van der Waals surface area contributed by atoms with Gasteiger partial charge in [-0.1, -0.05) is 5.21 Å². The molecule has 0 aliphatic carbocycles. The van der Waals surface area contributed by atoms with Gasteiger partial charge in [-0.3, -0.25) is 14.3 Å². The van der Waals surface area contributed by atoms with Crippen molar-refractivity contribution in [3.05, 3.63) is 12.4 Å². The molecule has 1 fully saturated rings. The number of rotatable bonds is 5. The zero-order chi connectivity index (χ0) is 13.0. The standard InChI is InChI=1S/C11H16N4O3/c16-10(1-2-11(17)18)14-5-3-9(7-14)8-15-6-4-12-13-15/h4,6,9H,1-3,5,7-8H2,(H,17,18). The van der Waals surface area contributed by atoms with E-state index in [1.54, 1.807) is 22.0 Å². The van der Waals surface area contributed by atoms with Gasteiger partial charge in [0.1, 0.15) is 0 Å². The maximum atomic E-state index is 11.7. The third kappa shape index (κ3) is 3.28. The molecule has 0 bridgehead atoms. The lowest BCUT2D eigenvalue weighted by molar-refractivity contribution is -0.140. The van der Waals surface area contributed by atoms with Crippen LogP contribution in [-0.4, -0.2) is 50.0 Å². The van der Waals surface area contributed by atoms with Crippen molar-refractivity contribution in [2.24, 2.45) is 5.92 Å². The van der Waals surface area contributed by atoms with Crippen molar-refractivity contribution in [3.8, 4) is 0 Å². The number of carbonyl (C=O) groups excluding carboxylic acids is 1. The van der Waals surface area contributed by atoms with E-state index in [1.165, 1.54) is 0 Å². The van der Waals surface area contributed by atoms with Gasteiger partial charge in [-0.25, -0.2) is 0 Å². The Morgan fingerprint density at radius 2 is 2.22 bits per heavy atom. The van der Waals surface area contributed by atoms with Gasteiger partial charge >= 0.3 is 5.97 Å². The Morgan fingerprint density at radius 1 is 1.39 bits per heavy atom. The maximum absolute atomic E-state index is 11.7. The molecule has 0 spiro atoms. The Labute approximate surface area is 104 Å². The third-order valence-corrected chi connectivity index (χ3v) is 3.11. The monoisotopic (exact) mass is 252 g/mol. The van der Waals surface area contributed by atoms with Crippen molar-refractivity contribution in [3.63, 3.8) is 0 Å². The normalized spacial score (nSPS) is 19.1. The number of aliphatic carboxylic acids is 1. The second-order valence-corrected chi connectivity index (χ2v) is 4.51. The summed E-state index contributed by atoms with van der Waals surface area (Å²) in [6.45, 7) is 2.14. The lowest BCUT2D eigenvalue weighted by atomic mass is 10.1. The summed E-state index contributed by atoms with van der Waals surface area (Å²) >= 11 is 0. The second kappa shape index (κ2) is 5.61. The number of carboxylic acids is 1. The SMILES string of the molecule is O=C(O)CCC(=O)N1CCC(Cn2ccnn2)C1. The largest absolute Gasteiger partial charge is 0.481 e. The topological polar surface area (TPSA) is 88.3 Å². The molecule has 1 aliphatic rings. The molecule has 1 N–H and O–H groups in total. The fourth-order valence-corrected chi connectivity index (χ4v) is 2.17. The highest BCUT2D eigenvalue weighted by atomic mass is 16.4. The first-order valence-corrected chi connectivity index (χ1v) is 5.99. The summed E-state index contributed by atoms with van der Waals surface area (Å²) in [7, 11) is 0. The van der Waals surface area contributed by atoms with E-state index in [1.807, 2.05) is 0 Å². The van der Waals surface area contributed by atoms with E-state index >= 15 is 0 Å². The fraction of sp³-hybridized carbons (Fsp3) is 0.636. The number of carbonyl (C=O) groups is 2. The van der Waals surface area contributed by atoms with Crippen molar-refractivity contribution in [1.29, 1.82) is 0 Å². The fourth-order valence-electron chi connectivity index (χ4n) is 2.17. The molecule has 2 heterocycles. The van der Waals surface area contributed by atoms with Crippen LogP contribution in [0.4, 0.5) is 0 Å².